The summed E-state index contributed by atoms with van der Waals surface area (Å²) < 4.78 is 23.3. The Morgan fingerprint density at radius 1 is 1.38 bits per heavy atom. The van der Waals surface area contributed by atoms with Crippen LogP contribution in [0.4, 0.5) is 0 Å². The van der Waals surface area contributed by atoms with Crippen LogP contribution in [0.5, 0.6) is 0 Å². The van der Waals surface area contributed by atoms with E-state index in [1.807, 2.05) is 0 Å². The molecule has 1 aliphatic carbocycles. The number of halogens is 1. The molecule has 124 valence electrons. The minimum absolute atomic E-state index is 0. The summed E-state index contributed by atoms with van der Waals surface area (Å²) in [6.07, 6.45) is 5.25. The second-order valence-electron chi connectivity index (χ2n) is 6.56. The number of guanidine groups is 1. The van der Waals surface area contributed by atoms with Gasteiger partial charge in [-0.3, -0.25) is 4.99 Å². The maximum atomic E-state index is 12.0. The Balaban J connectivity index is 0.00000220. The van der Waals surface area contributed by atoms with Crippen molar-refractivity contribution in [3.05, 3.63) is 0 Å². The first kappa shape index (κ1) is 19.0. The Kier molecular flexibility index (Phi) is 6.77. The largest absolute Gasteiger partial charge is 0.356 e. The van der Waals surface area contributed by atoms with Crippen LogP contribution >= 0.6 is 24.0 Å². The molecule has 1 heterocycles. The van der Waals surface area contributed by atoms with Crippen molar-refractivity contribution < 1.29 is 8.42 Å². The Labute approximate surface area is 145 Å². The first-order valence-electron chi connectivity index (χ1n) is 7.53. The van der Waals surface area contributed by atoms with Crippen LogP contribution in [0.1, 0.15) is 39.5 Å². The molecule has 0 aromatic rings. The third-order valence-electron chi connectivity index (χ3n) is 4.32. The zero-order valence-electron chi connectivity index (χ0n) is 13.3. The molecule has 1 saturated heterocycles. The highest BCUT2D eigenvalue weighted by Gasteiger charge is 2.40. The van der Waals surface area contributed by atoms with E-state index >= 15 is 0 Å². The maximum Gasteiger partial charge on any atom is 0.193 e. The van der Waals surface area contributed by atoms with Gasteiger partial charge in [0.25, 0.3) is 0 Å². The third-order valence-corrected chi connectivity index (χ3v) is 6.86. The molecule has 0 radical (unpaired) electrons. The topological polar surface area (TPSA) is 61.8 Å². The maximum absolute atomic E-state index is 12.0. The zero-order valence-corrected chi connectivity index (χ0v) is 16.4. The lowest BCUT2D eigenvalue weighted by molar-refractivity contribution is 0.353. The van der Waals surface area contributed by atoms with E-state index in [1.54, 1.807) is 20.9 Å². The third kappa shape index (κ3) is 4.97. The smallest absolute Gasteiger partial charge is 0.193 e. The number of rotatable bonds is 4. The molecule has 2 rings (SSSR count). The predicted molar refractivity (Wildman–Crippen MR) is 98.2 cm³/mol. The Bertz CT molecular complexity index is 473. The Morgan fingerprint density at radius 2 is 2.05 bits per heavy atom. The standard InChI is InChI=1S/C14H27N3O2S.HI/c1-14(2)11-17(9-10-20(14,18)19)13(15-3)16-8-4-5-12-6-7-12;/h12H,4-11H2,1-3H3,(H,15,16);1H. The van der Waals surface area contributed by atoms with Crippen molar-refractivity contribution in [3.63, 3.8) is 0 Å². The van der Waals surface area contributed by atoms with Crippen LogP contribution in [0.25, 0.3) is 0 Å². The van der Waals surface area contributed by atoms with Crippen molar-refractivity contribution in [2.75, 3.05) is 32.4 Å². The van der Waals surface area contributed by atoms with Crippen LogP contribution in [-0.4, -0.2) is 56.5 Å². The van der Waals surface area contributed by atoms with Gasteiger partial charge in [-0.05, 0) is 32.6 Å². The summed E-state index contributed by atoms with van der Waals surface area (Å²) in [5.41, 5.74) is 0. The van der Waals surface area contributed by atoms with Gasteiger partial charge in [0.2, 0.25) is 0 Å². The van der Waals surface area contributed by atoms with E-state index in [4.69, 9.17) is 0 Å². The fourth-order valence-corrected chi connectivity index (χ4v) is 4.02. The second kappa shape index (κ2) is 7.48. The molecule has 0 unspecified atom stereocenters. The number of nitrogens with one attached hydrogen (secondary N) is 1. The molecule has 0 bridgehead atoms. The average molecular weight is 429 g/mol. The van der Waals surface area contributed by atoms with E-state index in [0.717, 1.165) is 18.4 Å². The van der Waals surface area contributed by atoms with E-state index in [2.05, 4.69) is 15.2 Å². The van der Waals surface area contributed by atoms with E-state index in [0.29, 0.717) is 13.1 Å². The summed E-state index contributed by atoms with van der Waals surface area (Å²) in [5, 5.41) is 3.37. The number of sulfone groups is 1. The summed E-state index contributed by atoms with van der Waals surface area (Å²) >= 11 is 0. The summed E-state index contributed by atoms with van der Waals surface area (Å²) in [6.45, 7) is 5.57. The van der Waals surface area contributed by atoms with Crippen molar-refractivity contribution in [2.45, 2.75) is 44.3 Å². The predicted octanol–water partition coefficient (Wildman–Crippen LogP) is 1.88. The summed E-state index contributed by atoms with van der Waals surface area (Å²) in [6, 6.07) is 0. The van der Waals surface area contributed by atoms with Gasteiger partial charge >= 0.3 is 0 Å². The van der Waals surface area contributed by atoms with Crippen LogP contribution in [0, 0.1) is 5.92 Å². The van der Waals surface area contributed by atoms with Crippen LogP contribution in [0.3, 0.4) is 0 Å². The molecule has 2 aliphatic rings. The van der Waals surface area contributed by atoms with Gasteiger partial charge < -0.3 is 10.2 Å². The molecule has 21 heavy (non-hydrogen) atoms. The van der Waals surface area contributed by atoms with Crippen molar-refractivity contribution in [1.29, 1.82) is 0 Å². The van der Waals surface area contributed by atoms with Crippen LogP contribution in [-0.2, 0) is 9.84 Å². The van der Waals surface area contributed by atoms with Gasteiger partial charge in [-0.1, -0.05) is 12.8 Å². The van der Waals surface area contributed by atoms with Crippen molar-refractivity contribution in [2.24, 2.45) is 10.9 Å². The molecule has 1 N–H and O–H groups in total. The lowest BCUT2D eigenvalue weighted by Gasteiger charge is -2.39. The van der Waals surface area contributed by atoms with E-state index in [9.17, 15) is 8.42 Å². The highest BCUT2D eigenvalue weighted by atomic mass is 127. The molecule has 1 saturated carbocycles. The average Bonchev–Trinajstić information content (AvgIpc) is 3.17. The first-order chi connectivity index (χ1) is 9.36. The van der Waals surface area contributed by atoms with Crippen LogP contribution in [0.15, 0.2) is 4.99 Å². The number of hydrogen-bond acceptors (Lipinski definition) is 3. The number of hydrogen-bond donors (Lipinski definition) is 1. The van der Waals surface area contributed by atoms with Crippen molar-refractivity contribution in [1.82, 2.24) is 10.2 Å². The van der Waals surface area contributed by atoms with Crippen LogP contribution < -0.4 is 5.32 Å². The molecule has 2 fully saturated rings. The summed E-state index contributed by atoms with van der Waals surface area (Å²) in [4.78, 5) is 6.36. The Hall–Kier alpha value is -0.0500. The minimum atomic E-state index is -2.99. The minimum Gasteiger partial charge on any atom is -0.356 e. The molecule has 0 amide bonds. The van der Waals surface area contributed by atoms with Gasteiger partial charge in [0, 0.05) is 26.7 Å². The highest BCUT2D eigenvalue weighted by molar-refractivity contribution is 14.0. The lowest BCUT2D eigenvalue weighted by atomic mass is 10.2. The van der Waals surface area contributed by atoms with Crippen LogP contribution in [0.2, 0.25) is 0 Å². The van der Waals surface area contributed by atoms with Gasteiger partial charge in [-0.15, -0.1) is 24.0 Å². The molecule has 7 heteroatoms. The number of nitrogens with zero attached hydrogens (tertiary/aromatic N) is 2. The zero-order chi connectivity index (χ0) is 14.8. The first-order valence-corrected chi connectivity index (χ1v) is 9.19. The second-order valence-corrected chi connectivity index (χ2v) is 9.30. The molecule has 5 nitrogen and oxygen atoms in total. The van der Waals surface area contributed by atoms with E-state index in [-0.39, 0.29) is 29.7 Å². The van der Waals surface area contributed by atoms with E-state index in [1.165, 1.54) is 25.7 Å². The normalized spacial score (nSPS) is 24.3. The van der Waals surface area contributed by atoms with Gasteiger partial charge in [-0.2, -0.15) is 0 Å². The van der Waals surface area contributed by atoms with Gasteiger partial charge in [0.1, 0.15) is 0 Å². The van der Waals surface area contributed by atoms with Crippen molar-refractivity contribution >= 4 is 39.8 Å². The number of aliphatic imine (C=N–C) groups is 1. The SMILES string of the molecule is CN=C(NCCCC1CC1)N1CCS(=O)(=O)C(C)(C)C1.I. The van der Waals surface area contributed by atoms with Gasteiger partial charge in [0.15, 0.2) is 15.8 Å². The quantitative estimate of drug-likeness (QED) is 0.321. The fraction of sp³-hybridized carbons (Fsp3) is 0.929. The monoisotopic (exact) mass is 429 g/mol. The molecular weight excluding hydrogens is 401 g/mol. The summed E-state index contributed by atoms with van der Waals surface area (Å²) in [5.74, 6) is 2.00. The molecule has 1 aliphatic heterocycles. The fourth-order valence-electron chi connectivity index (χ4n) is 2.65. The van der Waals surface area contributed by atoms with Gasteiger partial charge in [-0.25, -0.2) is 8.42 Å². The van der Waals surface area contributed by atoms with Crippen molar-refractivity contribution in [3.8, 4) is 0 Å². The molecule has 0 aromatic heterocycles. The molecule has 0 atom stereocenters. The lowest BCUT2D eigenvalue weighted by Crippen LogP contribution is -2.57. The Morgan fingerprint density at radius 3 is 2.57 bits per heavy atom. The molecule has 0 spiro atoms. The molecule has 0 aromatic carbocycles. The summed E-state index contributed by atoms with van der Waals surface area (Å²) in [7, 11) is -1.23. The van der Waals surface area contributed by atoms with Gasteiger partial charge in [0.05, 0.1) is 10.5 Å². The highest BCUT2D eigenvalue weighted by Crippen LogP contribution is 2.33. The van der Waals surface area contributed by atoms with E-state index < -0.39 is 14.6 Å². The molecular formula is C14H28IN3O2S.